The molecule has 0 bridgehead atoms. The number of sulfone groups is 1. The third-order valence-electron chi connectivity index (χ3n) is 1.93. The summed E-state index contributed by atoms with van der Waals surface area (Å²) in [7, 11) is -1.77. The Bertz CT molecular complexity index is 451. The van der Waals surface area contributed by atoms with Crippen molar-refractivity contribution in [2.45, 2.75) is 11.8 Å². The van der Waals surface area contributed by atoms with Crippen LogP contribution in [0.2, 0.25) is 0 Å². The summed E-state index contributed by atoms with van der Waals surface area (Å²) < 4.78 is 27.6. The topological polar surface area (TPSA) is 69.4 Å². The molecule has 0 heterocycles. The van der Waals surface area contributed by atoms with Gasteiger partial charge in [-0.3, -0.25) is 0 Å². The smallest absolute Gasteiger partial charge is 0.175 e. The van der Waals surface area contributed by atoms with E-state index in [0.717, 1.165) is 6.26 Å². The lowest BCUT2D eigenvalue weighted by atomic mass is 10.2. The molecule has 0 aromatic heterocycles. The highest BCUT2D eigenvalue weighted by atomic mass is 32.2. The highest BCUT2D eigenvalue weighted by Crippen LogP contribution is 2.27. The molecule has 5 heteroatoms. The second kappa shape index (κ2) is 3.49. The van der Waals surface area contributed by atoms with Crippen LogP contribution in [0.4, 0.5) is 5.69 Å². The SMILES string of the molecule is COc1cc(S(C)(=O)=O)c(C)cc1N. The van der Waals surface area contributed by atoms with Crippen molar-refractivity contribution >= 4 is 15.5 Å². The van der Waals surface area contributed by atoms with Crippen molar-refractivity contribution in [3.05, 3.63) is 17.7 Å². The maximum Gasteiger partial charge on any atom is 0.175 e. The van der Waals surface area contributed by atoms with Crippen molar-refractivity contribution in [2.24, 2.45) is 0 Å². The summed E-state index contributed by atoms with van der Waals surface area (Å²) in [6, 6.07) is 3.04. The molecule has 0 aliphatic heterocycles. The summed E-state index contributed by atoms with van der Waals surface area (Å²) in [6.45, 7) is 1.70. The van der Waals surface area contributed by atoms with Gasteiger partial charge in [0, 0.05) is 12.3 Å². The zero-order valence-corrected chi connectivity index (χ0v) is 9.18. The van der Waals surface area contributed by atoms with Crippen molar-refractivity contribution in [3.8, 4) is 5.75 Å². The second-order valence-corrected chi connectivity index (χ2v) is 5.12. The summed E-state index contributed by atoms with van der Waals surface area (Å²) in [5.41, 5.74) is 6.70. The molecule has 0 spiro atoms. The average Bonchev–Trinajstić information content (AvgIpc) is 2.02. The minimum atomic E-state index is -3.22. The molecule has 0 atom stereocenters. The summed E-state index contributed by atoms with van der Waals surface area (Å²) in [6.07, 6.45) is 1.16. The first kappa shape index (κ1) is 10.8. The van der Waals surface area contributed by atoms with E-state index < -0.39 is 9.84 Å². The van der Waals surface area contributed by atoms with Crippen LogP contribution in [0.5, 0.6) is 5.75 Å². The monoisotopic (exact) mass is 215 g/mol. The van der Waals surface area contributed by atoms with E-state index in [1.54, 1.807) is 13.0 Å². The van der Waals surface area contributed by atoms with Gasteiger partial charge in [-0.05, 0) is 18.6 Å². The lowest BCUT2D eigenvalue weighted by molar-refractivity contribution is 0.415. The number of aryl methyl sites for hydroxylation is 1. The van der Waals surface area contributed by atoms with Crippen molar-refractivity contribution in [1.82, 2.24) is 0 Å². The predicted octanol–water partition coefficient (Wildman–Crippen LogP) is 0.989. The summed E-state index contributed by atoms with van der Waals surface area (Å²) >= 11 is 0. The van der Waals surface area contributed by atoms with Gasteiger partial charge in [-0.2, -0.15) is 0 Å². The third-order valence-corrected chi connectivity index (χ3v) is 3.17. The summed E-state index contributed by atoms with van der Waals surface area (Å²) in [4.78, 5) is 0.253. The first-order chi connectivity index (χ1) is 6.36. The number of ether oxygens (including phenoxy) is 1. The molecule has 0 radical (unpaired) electrons. The molecular weight excluding hydrogens is 202 g/mol. The molecule has 0 aliphatic rings. The Hall–Kier alpha value is -1.23. The van der Waals surface area contributed by atoms with Gasteiger partial charge in [0.2, 0.25) is 0 Å². The quantitative estimate of drug-likeness (QED) is 0.747. The van der Waals surface area contributed by atoms with Crippen LogP contribution >= 0.6 is 0 Å². The van der Waals surface area contributed by atoms with Gasteiger partial charge < -0.3 is 10.5 Å². The molecule has 0 unspecified atom stereocenters. The van der Waals surface area contributed by atoms with Gasteiger partial charge in [-0.15, -0.1) is 0 Å². The van der Waals surface area contributed by atoms with Gasteiger partial charge in [-0.1, -0.05) is 0 Å². The number of hydrogen-bond acceptors (Lipinski definition) is 4. The van der Waals surface area contributed by atoms with Crippen LogP contribution < -0.4 is 10.5 Å². The first-order valence-electron chi connectivity index (χ1n) is 4.00. The molecule has 2 N–H and O–H groups in total. The lowest BCUT2D eigenvalue weighted by Crippen LogP contribution is -2.02. The van der Waals surface area contributed by atoms with Crippen LogP contribution in [0, 0.1) is 6.92 Å². The first-order valence-corrected chi connectivity index (χ1v) is 5.89. The third kappa shape index (κ3) is 1.98. The largest absolute Gasteiger partial charge is 0.495 e. The number of benzene rings is 1. The van der Waals surface area contributed by atoms with E-state index in [4.69, 9.17) is 10.5 Å². The number of rotatable bonds is 2. The molecule has 4 nitrogen and oxygen atoms in total. The summed E-state index contributed by atoms with van der Waals surface area (Å²) in [5.74, 6) is 0.385. The summed E-state index contributed by atoms with van der Waals surface area (Å²) in [5, 5.41) is 0. The molecule has 0 saturated heterocycles. The van der Waals surface area contributed by atoms with Crippen LogP contribution in [0.1, 0.15) is 5.56 Å². The van der Waals surface area contributed by atoms with Crippen molar-refractivity contribution in [3.63, 3.8) is 0 Å². The highest BCUT2D eigenvalue weighted by molar-refractivity contribution is 7.90. The Morgan fingerprint density at radius 1 is 1.36 bits per heavy atom. The van der Waals surface area contributed by atoms with Gasteiger partial charge in [0.1, 0.15) is 5.75 Å². The molecule has 14 heavy (non-hydrogen) atoms. The number of methoxy groups -OCH3 is 1. The maximum absolute atomic E-state index is 11.3. The van der Waals surface area contributed by atoms with E-state index in [9.17, 15) is 8.42 Å². The van der Waals surface area contributed by atoms with E-state index in [1.165, 1.54) is 13.2 Å². The molecule has 1 rings (SSSR count). The molecular formula is C9H13NO3S. The normalized spacial score (nSPS) is 11.4. The minimum absolute atomic E-state index is 0.253. The van der Waals surface area contributed by atoms with Gasteiger partial charge >= 0.3 is 0 Å². The Kier molecular flexibility index (Phi) is 2.71. The molecule has 0 saturated carbocycles. The zero-order chi connectivity index (χ0) is 10.9. The number of nitrogen functional groups attached to an aromatic ring is 1. The van der Waals surface area contributed by atoms with E-state index >= 15 is 0 Å². The molecule has 1 aromatic carbocycles. The van der Waals surface area contributed by atoms with Crippen molar-refractivity contribution in [1.29, 1.82) is 0 Å². The van der Waals surface area contributed by atoms with Crippen LogP contribution in [0.25, 0.3) is 0 Å². The molecule has 0 amide bonds. The van der Waals surface area contributed by atoms with Crippen LogP contribution in [-0.2, 0) is 9.84 Å². The van der Waals surface area contributed by atoms with Crippen LogP contribution in [0.15, 0.2) is 17.0 Å². The Morgan fingerprint density at radius 3 is 2.36 bits per heavy atom. The Balaban J connectivity index is 3.47. The van der Waals surface area contributed by atoms with Gasteiger partial charge in [0.15, 0.2) is 9.84 Å². The van der Waals surface area contributed by atoms with E-state index in [0.29, 0.717) is 17.0 Å². The van der Waals surface area contributed by atoms with Crippen molar-refractivity contribution < 1.29 is 13.2 Å². The lowest BCUT2D eigenvalue weighted by Gasteiger charge is -2.09. The van der Waals surface area contributed by atoms with Gasteiger partial charge in [0.25, 0.3) is 0 Å². The Labute approximate surface area is 83.6 Å². The van der Waals surface area contributed by atoms with E-state index in [2.05, 4.69) is 0 Å². The second-order valence-electron chi connectivity index (χ2n) is 3.13. The number of hydrogen-bond donors (Lipinski definition) is 1. The standard InChI is InChI=1S/C9H13NO3S/c1-6-4-7(10)8(13-2)5-9(6)14(3,11)12/h4-5H,10H2,1-3H3. The fourth-order valence-corrected chi connectivity index (χ4v) is 2.23. The minimum Gasteiger partial charge on any atom is -0.495 e. The Morgan fingerprint density at radius 2 is 1.93 bits per heavy atom. The van der Waals surface area contributed by atoms with Gasteiger partial charge in [-0.25, -0.2) is 8.42 Å². The fraction of sp³-hybridized carbons (Fsp3) is 0.333. The number of anilines is 1. The van der Waals surface area contributed by atoms with E-state index in [1.807, 2.05) is 0 Å². The molecule has 0 aliphatic carbocycles. The maximum atomic E-state index is 11.3. The van der Waals surface area contributed by atoms with Crippen molar-refractivity contribution in [2.75, 3.05) is 19.1 Å². The number of nitrogens with two attached hydrogens (primary N) is 1. The molecule has 0 fully saturated rings. The highest BCUT2D eigenvalue weighted by Gasteiger charge is 2.13. The van der Waals surface area contributed by atoms with Crippen LogP contribution in [-0.4, -0.2) is 21.8 Å². The average molecular weight is 215 g/mol. The van der Waals surface area contributed by atoms with Crippen LogP contribution in [0.3, 0.4) is 0 Å². The fourth-order valence-electron chi connectivity index (χ4n) is 1.27. The van der Waals surface area contributed by atoms with Gasteiger partial charge in [0.05, 0.1) is 17.7 Å². The molecule has 1 aromatic rings. The molecule has 78 valence electrons. The zero-order valence-electron chi connectivity index (χ0n) is 8.37. The van der Waals surface area contributed by atoms with E-state index in [-0.39, 0.29) is 4.90 Å². The predicted molar refractivity (Wildman–Crippen MR) is 55.3 cm³/mol.